The van der Waals surface area contributed by atoms with Gasteiger partial charge in [-0.3, -0.25) is 4.99 Å². The van der Waals surface area contributed by atoms with E-state index in [0.29, 0.717) is 5.92 Å². The number of hydrogen-bond acceptors (Lipinski definition) is 2. The first-order valence-electron chi connectivity index (χ1n) is 7.95. The van der Waals surface area contributed by atoms with Crippen LogP contribution in [0.5, 0.6) is 5.75 Å². The van der Waals surface area contributed by atoms with Gasteiger partial charge in [0.2, 0.25) is 0 Å². The fourth-order valence-electron chi connectivity index (χ4n) is 2.74. The third-order valence-electron chi connectivity index (χ3n) is 3.90. The number of hydrogen-bond donors (Lipinski definition) is 1. The molecule has 0 radical (unpaired) electrons. The lowest BCUT2D eigenvalue weighted by Crippen LogP contribution is -2.40. The number of aliphatic imine (C=N–C) groups is 1. The zero-order valence-corrected chi connectivity index (χ0v) is 16.2. The summed E-state index contributed by atoms with van der Waals surface area (Å²) in [7, 11) is 1.71. The van der Waals surface area contributed by atoms with Crippen LogP contribution in [0.3, 0.4) is 0 Å². The molecule has 1 aromatic rings. The fourth-order valence-corrected chi connectivity index (χ4v) is 2.74. The molecule has 22 heavy (non-hydrogen) atoms. The molecule has 1 saturated heterocycles. The molecular formula is C17H28IN3O. The summed E-state index contributed by atoms with van der Waals surface area (Å²) in [6.07, 6.45) is 2.27. The first-order valence-corrected chi connectivity index (χ1v) is 7.95. The predicted octanol–water partition coefficient (Wildman–Crippen LogP) is 3.48. The van der Waals surface area contributed by atoms with Gasteiger partial charge in [-0.1, -0.05) is 19.1 Å². The summed E-state index contributed by atoms with van der Waals surface area (Å²) in [5.74, 6) is 2.57. The van der Waals surface area contributed by atoms with Crippen molar-refractivity contribution in [3.63, 3.8) is 0 Å². The van der Waals surface area contributed by atoms with E-state index in [1.165, 1.54) is 12.0 Å². The number of methoxy groups -OCH3 is 1. The molecule has 0 saturated carbocycles. The number of benzene rings is 1. The molecule has 5 heteroatoms. The Hall–Kier alpha value is -0.980. The van der Waals surface area contributed by atoms with Gasteiger partial charge in [0.25, 0.3) is 0 Å². The topological polar surface area (TPSA) is 36.9 Å². The molecule has 1 fully saturated rings. The molecule has 1 aliphatic rings. The fraction of sp³-hybridized carbons (Fsp3) is 0.588. The lowest BCUT2D eigenvalue weighted by Gasteiger charge is -2.21. The summed E-state index contributed by atoms with van der Waals surface area (Å²) in [5.41, 5.74) is 1.39. The summed E-state index contributed by atoms with van der Waals surface area (Å²) >= 11 is 0. The lowest BCUT2D eigenvalue weighted by atomic mass is 9.98. The lowest BCUT2D eigenvalue weighted by molar-refractivity contribution is 0.414. The average Bonchev–Trinajstić information content (AvgIpc) is 3.01. The highest BCUT2D eigenvalue weighted by molar-refractivity contribution is 14.0. The van der Waals surface area contributed by atoms with Crippen LogP contribution >= 0.6 is 24.0 Å². The van der Waals surface area contributed by atoms with Crippen LogP contribution in [0.1, 0.15) is 38.2 Å². The van der Waals surface area contributed by atoms with E-state index >= 15 is 0 Å². The quantitative estimate of drug-likeness (QED) is 0.453. The van der Waals surface area contributed by atoms with Crippen molar-refractivity contribution in [3.05, 3.63) is 29.8 Å². The first-order chi connectivity index (χ1) is 10.3. The Balaban J connectivity index is 0.00000242. The molecule has 4 nitrogen and oxygen atoms in total. The molecule has 1 atom stereocenters. The number of ether oxygens (including phenoxy) is 1. The molecule has 0 amide bonds. The molecule has 2 rings (SSSR count). The van der Waals surface area contributed by atoms with Gasteiger partial charge in [0.15, 0.2) is 5.96 Å². The largest absolute Gasteiger partial charge is 0.497 e. The predicted molar refractivity (Wildman–Crippen MR) is 104 cm³/mol. The smallest absolute Gasteiger partial charge is 0.193 e. The third-order valence-corrected chi connectivity index (χ3v) is 3.90. The first kappa shape index (κ1) is 19.1. The standard InChI is InChI=1S/C17H27N3O.HI/c1-4-11-19-17(18-5-2)20-12-10-15(13-20)14-6-8-16(21-3)9-7-14;/h6-9,15H,4-5,10-13H2,1-3H3,(H,18,19);1H. The Labute approximate surface area is 151 Å². The molecule has 0 aliphatic carbocycles. The van der Waals surface area contributed by atoms with Crippen molar-refractivity contribution in [2.75, 3.05) is 33.3 Å². The highest BCUT2D eigenvalue weighted by atomic mass is 127. The van der Waals surface area contributed by atoms with E-state index in [0.717, 1.165) is 44.3 Å². The number of nitrogens with zero attached hydrogens (tertiary/aromatic N) is 2. The van der Waals surface area contributed by atoms with Gasteiger partial charge in [0, 0.05) is 32.1 Å². The molecular weight excluding hydrogens is 389 g/mol. The minimum Gasteiger partial charge on any atom is -0.497 e. The van der Waals surface area contributed by atoms with Crippen molar-refractivity contribution in [1.82, 2.24) is 10.2 Å². The van der Waals surface area contributed by atoms with Crippen LogP contribution in [0.2, 0.25) is 0 Å². The van der Waals surface area contributed by atoms with Gasteiger partial charge in [0.1, 0.15) is 5.75 Å². The van der Waals surface area contributed by atoms with Crippen LogP contribution in [0.4, 0.5) is 0 Å². The zero-order valence-electron chi connectivity index (χ0n) is 13.8. The summed E-state index contributed by atoms with van der Waals surface area (Å²) < 4.78 is 5.23. The van der Waals surface area contributed by atoms with E-state index in [9.17, 15) is 0 Å². The van der Waals surface area contributed by atoms with Crippen LogP contribution in [-0.2, 0) is 0 Å². The molecule has 1 unspecified atom stereocenters. The van der Waals surface area contributed by atoms with E-state index < -0.39 is 0 Å². The molecule has 0 bridgehead atoms. The number of likely N-dealkylation sites (tertiary alicyclic amines) is 1. The summed E-state index contributed by atoms with van der Waals surface area (Å²) in [6.45, 7) is 8.22. The number of halogens is 1. The number of guanidine groups is 1. The number of rotatable bonds is 5. The Kier molecular flexibility index (Phi) is 8.60. The van der Waals surface area contributed by atoms with Gasteiger partial charge in [-0.2, -0.15) is 0 Å². The molecule has 1 heterocycles. The Morgan fingerprint density at radius 1 is 1.32 bits per heavy atom. The van der Waals surface area contributed by atoms with Gasteiger partial charge >= 0.3 is 0 Å². The van der Waals surface area contributed by atoms with Crippen molar-refractivity contribution < 1.29 is 4.74 Å². The Morgan fingerprint density at radius 2 is 2.05 bits per heavy atom. The molecule has 0 spiro atoms. The van der Waals surface area contributed by atoms with Crippen molar-refractivity contribution in [1.29, 1.82) is 0 Å². The minimum absolute atomic E-state index is 0. The molecule has 1 aromatic carbocycles. The second-order valence-corrected chi connectivity index (χ2v) is 5.44. The van der Waals surface area contributed by atoms with Crippen LogP contribution in [0.15, 0.2) is 29.3 Å². The van der Waals surface area contributed by atoms with E-state index in [1.54, 1.807) is 7.11 Å². The van der Waals surface area contributed by atoms with Gasteiger partial charge in [0.05, 0.1) is 7.11 Å². The van der Waals surface area contributed by atoms with Gasteiger partial charge in [-0.15, -0.1) is 24.0 Å². The van der Waals surface area contributed by atoms with Crippen LogP contribution in [0.25, 0.3) is 0 Å². The Bertz CT molecular complexity index is 461. The second kappa shape index (κ2) is 9.92. The molecule has 0 aromatic heterocycles. The maximum Gasteiger partial charge on any atom is 0.193 e. The maximum absolute atomic E-state index is 5.23. The zero-order chi connectivity index (χ0) is 15.1. The van der Waals surface area contributed by atoms with Crippen molar-refractivity contribution in [2.45, 2.75) is 32.6 Å². The van der Waals surface area contributed by atoms with E-state index in [1.807, 2.05) is 12.1 Å². The monoisotopic (exact) mass is 417 g/mol. The van der Waals surface area contributed by atoms with Gasteiger partial charge in [-0.25, -0.2) is 0 Å². The minimum atomic E-state index is 0. The third kappa shape index (κ3) is 5.04. The average molecular weight is 417 g/mol. The Morgan fingerprint density at radius 3 is 2.64 bits per heavy atom. The normalized spacial score (nSPS) is 18.0. The molecule has 1 N–H and O–H groups in total. The van der Waals surface area contributed by atoms with Gasteiger partial charge in [-0.05, 0) is 37.5 Å². The summed E-state index contributed by atoms with van der Waals surface area (Å²) in [6, 6.07) is 8.47. The van der Waals surface area contributed by atoms with Gasteiger partial charge < -0.3 is 15.0 Å². The summed E-state index contributed by atoms with van der Waals surface area (Å²) in [5, 5.41) is 3.41. The van der Waals surface area contributed by atoms with Crippen LogP contribution < -0.4 is 10.1 Å². The highest BCUT2D eigenvalue weighted by Gasteiger charge is 2.25. The van der Waals surface area contributed by atoms with Crippen molar-refractivity contribution in [2.24, 2.45) is 4.99 Å². The van der Waals surface area contributed by atoms with E-state index in [2.05, 4.69) is 41.2 Å². The second-order valence-electron chi connectivity index (χ2n) is 5.44. The van der Waals surface area contributed by atoms with E-state index in [-0.39, 0.29) is 24.0 Å². The SMILES string of the molecule is CCCN=C(NCC)N1CCC(c2ccc(OC)cc2)C1.I. The van der Waals surface area contributed by atoms with Crippen LogP contribution in [-0.4, -0.2) is 44.1 Å². The number of nitrogens with one attached hydrogen (secondary N) is 1. The highest BCUT2D eigenvalue weighted by Crippen LogP contribution is 2.28. The maximum atomic E-state index is 5.23. The van der Waals surface area contributed by atoms with E-state index in [4.69, 9.17) is 4.74 Å². The summed E-state index contributed by atoms with van der Waals surface area (Å²) in [4.78, 5) is 7.06. The molecule has 1 aliphatic heterocycles. The van der Waals surface area contributed by atoms with Crippen LogP contribution in [0, 0.1) is 0 Å². The van der Waals surface area contributed by atoms with Crippen molar-refractivity contribution in [3.8, 4) is 5.75 Å². The molecule has 124 valence electrons. The van der Waals surface area contributed by atoms with Crippen molar-refractivity contribution >= 4 is 29.9 Å².